The summed E-state index contributed by atoms with van der Waals surface area (Å²) in [4.78, 5) is 23.1. The fourth-order valence-electron chi connectivity index (χ4n) is 2.20. The molecule has 0 aromatic heterocycles. The number of anilines is 1. The van der Waals surface area contributed by atoms with Crippen molar-refractivity contribution in [1.82, 2.24) is 5.32 Å². The Morgan fingerprint density at radius 2 is 1.95 bits per heavy atom. The van der Waals surface area contributed by atoms with E-state index in [1.165, 1.54) is 0 Å². The average Bonchev–Trinajstić information content (AvgIpc) is 2.40. The maximum Gasteiger partial charge on any atom is 0.320 e. The number of para-hydroxylation sites is 1. The lowest BCUT2D eigenvalue weighted by Gasteiger charge is -2.18. The van der Waals surface area contributed by atoms with Gasteiger partial charge < -0.3 is 10.4 Å². The number of rotatable bonds is 7. The molecule has 1 amide bonds. The molecule has 0 spiro atoms. The summed E-state index contributed by atoms with van der Waals surface area (Å²) in [5.74, 6) is -1.26. The van der Waals surface area contributed by atoms with E-state index in [1.807, 2.05) is 32.0 Å². The van der Waals surface area contributed by atoms with E-state index >= 15 is 0 Å². The largest absolute Gasteiger partial charge is 0.480 e. The predicted octanol–water partition coefficient (Wildman–Crippen LogP) is 2.19. The highest BCUT2D eigenvalue weighted by Crippen LogP contribution is 2.20. The van der Waals surface area contributed by atoms with E-state index in [-0.39, 0.29) is 18.4 Å². The molecule has 0 saturated carbocycles. The van der Waals surface area contributed by atoms with Crippen LogP contribution >= 0.6 is 0 Å². The lowest BCUT2D eigenvalue weighted by Crippen LogP contribution is -2.44. The highest BCUT2D eigenvalue weighted by molar-refractivity contribution is 5.94. The third-order valence-electron chi connectivity index (χ3n) is 3.42. The molecule has 0 aliphatic rings. The molecule has 1 aromatic carbocycles. The maximum atomic E-state index is 12.0. The minimum Gasteiger partial charge on any atom is -0.480 e. The highest BCUT2D eigenvalue weighted by atomic mass is 16.4. The zero-order valence-corrected chi connectivity index (χ0v) is 13.1. The number of aryl methyl sites for hydroxylation is 2. The van der Waals surface area contributed by atoms with E-state index in [9.17, 15) is 9.59 Å². The Bertz CT molecular complexity index is 512. The number of aliphatic carboxylic acids is 1. The number of benzene rings is 1. The van der Waals surface area contributed by atoms with E-state index in [0.29, 0.717) is 0 Å². The van der Waals surface area contributed by atoms with E-state index in [1.54, 1.807) is 13.8 Å². The first-order chi connectivity index (χ1) is 9.86. The summed E-state index contributed by atoms with van der Waals surface area (Å²) in [7, 11) is 0. The van der Waals surface area contributed by atoms with Gasteiger partial charge in [0.15, 0.2) is 0 Å². The summed E-state index contributed by atoms with van der Waals surface area (Å²) in [6.07, 6.45) is 0.828. The molecule has 1 atom stereocenters. The number of nitrogens with one attached hydrogen (secondary N) is 2. The van der Waals surface area contributed by atoms with Crippen LogP contribution in [0.3, 0.4) is 0 Å². The Kier molecular flexibility index (Phi) is 6.37. The first kappa shape index (κ1) is 17.2. The van der Waals surface area contributed by atoms with Gasteiger partial charge in [0.05, 0.1) is 6.54 Å². The SMILES string of the molecule is CCc1cccc(C)c1NC(=O)CNC(C(=O)O)C(C)C. The number of carbonyl (C=O) groups excluding carboxylic acids is 1. The van der Waals surface area contributed by atoms with Crippen molar-refractivity contribution in [3.05, 3.63) is 29.3 Å². The van der Waals surface area contributed by atoms with Gasteiger partial charge >= 0.3 is 5.97 Å². The molecule has 1 aromatic rings. The molecule has 5 nitrogen and oxygen atoms in total. The second kappa shape index (κ2) is 7.78. The van der Waals surface area contributed by atoms with Gasteiger partial charge in [0.25, 0.3) is 0 Å². The topological polar surface area (TPSA) is 78.4 Å². The van der Waals surface area contributed by atoms with Crippen LogP contribution in [0.4, 0.5) is 5.69 Å². The molecular formula is C16H24N2O3. The molecule has 0 bridgehead atoms. The molecule has 0 heterocycles. The Hall–Kier alpha value is -1.88. The fraction of sp³-hybridized carbons (Fsp3) is 0.500. The van der Waals surface area contributed by atoms with Gasteiger partial charge in [-0.25, -0.2) is 0 Å². The van der Waals surface area contributed by atoms with Crippen molar-refractivity contribution >= 4 is 17.6 Å². The van der Waals surface area contributed by atoms with Crippen LogP contribution in [0.5, 0.6) is 0 Å². The molecule has 21 heavy (non-hydrogen) atoms. The number of carboxylic acids is 1. The van der Waals surface area contributed by atoms with Crippen LogP contribution in [0.2, 0.25) is 0 Å². The van der Waals surface area contributed by atoms with Gasteiger partial charge in [-0.3, -0.25) is 14.9 Å². The van der Waals surface area contributed by atoms with Crippen LogP contribution in [0.15, 0.2) is 18.2 Å². The summed E-state index contributed by atoms with van der Waals surface area (Å²) in [5, 5.41) is 14.7. The van der Waals surface area contributed by atoms with Gasteiger partial charge in [-0.05, 0) is 30.4 Å². The fourth-order valence-corrected chi connectivity index (χ4v) is 2.20. The highest BCUT2D eigenvalue weighted by Gasteiger charge is 2.21. The Balaban J connectivity index is 2.68. The molecule has 0 saturated heterocycles. The van der Waals surface area contributed by atoms with E-state index in [2.05, 4.69) is 10.6 Å². The summed E-state index contributed by atoms with van der Waals surface area (Å²) in [5.41, 5.74) is 2.89. The number of hydrogen-bond donors (Lipinski definition) is 3. The van der Waals surface area contributed by atoms with Crippen molar-refractivity contribution in [3.63, 3.8) is 0 Å². The van der Waals surface area contributed by atoms with Crippen molar-refractivity contribution in [2.24, 2.45) is 5.92 Å². The summed E-state index contributed by atoms with van der Waals surface area (Å²) in [6.45, 7) is 7.56. The molecule has 116 valence electrons. The second-order valence-corrected chi connectivity index (χ2v) is 5.45. The molecule has 3 N–H and O–H groups in total. The van der Waals surface area contributed by atoms with Crippen LogP contribution < -0.4 is 10.6 Å². The maximum absolute atomic E-state index is 12.0. The molecule has 5 heteroatoms. The van der Waals surface area contributed by atoms with E-state index < -0.39 is 12.0 Å². The monoisotopic (exact) mass is 292 g/mol. The van der Waals surface area contributed by atoms with Crippen molar-refractivity contribution < 1.29 is 14.7 Å². The number of hydrogen-bond acceptors (Lipinski definition) is 3. The summed E-state index contributed by atoms with van der Waals surface area (Å²) >= 11 is 0. The molecule has 0 aliphatic heterocycles. The van der Waals surface area contributed by atoms with Gasteiger partial charge in [0.1, 0.15) is 6.04 Å². The van der Waals surface area contributed by atoms with E-state index in [0.717, 1.165) is 23.2 Å². The molecule has 1 unspecified atom stereocenters. The standard InChI is InChI=1S/C16H24N2O3/c1-5-12-8-6-7-11(4)15(12)18-13(19)9-17-14(10(2)3)16(20)21/h6-8,10,14,17H,5,9H2,1-4H3,(H,18,19)(H,20,21). The zero-order chi connectivity index (χ0) is 16.0. The van der Waals surface area contributed by atoms with Crippen LogP contribution in [-0.4, -0.2) is 29.6 Å². The number of carboxylic acid groups (broad SMARTS) is 1. The summed E-state index contributed by atoms with van der Waals surface area (Å²) < 4.78 is 0. The van der Waals surface area contributed by atoms with Gasteiger partial charge in [-0.2, -0.15) is 0 Å². The zero-order valence-electron chi connectivity index (χ0n) is 13.1. The first-order valence-electron chi connectivity index (χ1n) is 7.21. The van der Waals surface area contributed by atoms with E-state index in [4.69, 9.17) is 5.11 Å². The minimum atomic E-state index is -0.942. The quantitative estimate of drug-likeness (QED) is 0.720. The van der Waals surface area contributed by atoms with Crippen molar-refractivity contribution in [1.29, 1.82) is 0 Å². The predicted molar refractivity (Wildman–Crippen MR) is 83.5 cm³/mol. The lowest BCUT2D eigenvalue weighted by molar-refractivity contribution is -0.140. The van der Waals surface area contributed by atoms with Crippen molar-refractivity contribution in [2.45, 2.75) is 40.2 Å². The normalized spacial score (nSPS) is 12.2. The molecular weight excluding hydrogens is 268 g/mol. The average molecular weight is 292 g/mol. The molecule has 0 fully saturated rings. The Morgan fingerprint density at radius 3 is 2.48 bits per heavy atom. The third-order valence-corrected chi connectivity index (χ3v) is 3.42. The van der Waals surface area contributed by atoms with Crippen LogP contribution in [-0.2, 0) is 16.0 Å². The third kappa shape index (κ3) is 4.86. The van der Waals surface area contributed by atoms with Crippen molar-refractivity contribution in [3.8, 4) is 0 Å². The molecule has 0 aliphatic carbocycles. The van der Waals surface area contributed by atoms with Gasteiger partial charge in [0.2, 0.25) is 5.91 Å². The van der Waals surface area contributed by atoms with Gasteiger partial charge in [-0.15, -0.1) is 0 Å². The van der Waals surface area contributed by atoms with Crippen molar-refractivity contribution in [2.75, 3.05) is 11.9 Å². The van der Waals surface area contributed by atoms with Crippen LogP contribution in [0, 0.1) is 12.8 Å². The van der Waals surface area contributed by atoms with Crippen LogP contribution in [0.25, 0.3) is 0 Å². The number of carbonyl (C=O) groups is 2. The minimum absolute atomic E-state index is 0.0212. The first-order valence-corrected chi connectivity index (χ1v) is 7.21. The Labute approximate surface area is 125 Å². The number of amides is 1. The summed E-state index contributed by atoms with van der Waals surface area (Å²) in [6, 6.07) is 5.15. The molecule has 0 radical (unpaired) electrons. The lowest BCUT2D eigenvalue weighted by atomic mass is 10.0. The Morgan fingerprint density at radius 1 is 1.29 bits per heavy atom. The van der Waals surface area contributed by atoms with Gasteiger partial charge in [-0.1, -0.05) is 39.0 Å². The van der Waals surface area contributed by atoms with Crippen LogP contribution in [0.1, 0.15) is 31.9 Å². The molecule has 1 rings (SSSR count). The smallest absolute Gasteiger partial charge is 0.320 e. The second-order valence-electron chi connectivity index (χ2n) is 5.45. The van der Waals surface area contributed by atoms with Gasteiger partial charge in [0, 0.05) is 5.69 Å².